The Morgan fingerprint density at radius 2 is 2.06 bits per heavy atom. The lowest BCUT2D eigenvalue weighted by Crippen LogP contribution is -1.86. The van der Waals surface area contributed by atoms with Gasteiger partial charge in [-0.1, -0.05) is 17.7 Å². The molecule has 1 fully saturated rings. The van der Waals surface area contributed by atoms with E-state index in [1.165, 1.54) is 25.2 Å². The molecule has 1 aromatic heterocycles. The smallest absolute Gasteiger partial charge is 0.214 e. The third kappa shape index (κ3) is 2.60. The van der Waals surface area contributed by atoms with E-state index in [2.05, 4.69) is 9.97 Å². The average molecular weight is 279 g/mol. The molecule has 18 heavy (non-hydrogen) atoms. The number of hydrogen-bond acceptors (Lipinski definition) is 4. The summed E-state index contributed by atoms with van der Waals surface area (Å²) in [5.41, 5.74) is 1.56. The highest BCUT2D eigenvalue weighted by Crippen LogP contribution is 2.42. The molecular weight excluding hydrogens is 268 g/mol. The predicted molar refractivity (Wildman–Crippen MR) is 73.0 cm³/mol. The molecule has 1 saturated carbocycles. The summed E-state index contributed by atoms with van der Waals surface area (Å²) in [6.07, 6.45) is 3.90. The van der Waals surface area contributed by atoms with Crippen LogP contribution in [0.4, 0.5) is 0 Å². The third-order valence-corrected chi connectivity index (χ3v) is 4.54. The van der Waals surface area contributed by atoms with E-state index in [9.17, 15) is 5.11 Å². The zero-order valence-corrected chi connectivity index (χ0v) is 11.1. The summed E-state index contributed by atoms with van der Waals surface area (Å²) in [4.78, 5) is 8.89. The van der Waals surface area contributed by atoms with Crippen LogP contribution in [0.15, 0.2) is 35.5 Å². The van der Waals surface area contributed by atoms with Crippen LogP contribution in [0.3, 0.4) is 0 Å². The Kier molecular flexibility index (Phi) is 3.14. The fraction of sp³-hybridized carbons (Fsp3) is 0.231. The van der Waals surface area contributed by atoms with Crippen molar-refractivity contribution in [3.8, 4) is 17.1 Å². The zero-order valence-electron chi connectivity index (χ0n) is 9.51. The molecule has 1 aliphatic rings. The molecule has 0 amide bonds. The fourth-order valence-corrected chi connectivity index (χ4v) is 2.99. The van der Waals surface area contributed by atoms with Crippen LogP contribution >= 0.6 is 23.4 Å². The minimum absolute atomic E-state index is 0.0347. The second-order valence-electron chi connectivity index (χ2n) is 4.22. The molecule has 0 radical (unpaired) electrons. The number of nitrogens with zero attached hydrogens (tertiary/aromatic N) is 2. The minimum atomic E-state index is -0.0347. The van der Waals surface area contributed by atoms with Gasteiger partial charge in [-0.3, -0.25) is 0 Å². The normalized spacial score (nSPS) is 14.7. The van der Waals surface area contributed by atoms with Crippen LogP contribution in [0.5, 0.6) is 5.88 Å². The van der Waals surface area contributed by atoms with Crippen molar-refractivity contribution in [3.05, 3.63) is 35.6 Å². The van der Waals surface area contributed by atoms with Crippen LogP contribution in [0.2, 0.25) is 5.02 Å². The summed E-state index contributed by atoms with van der Waals surface area (Å²) in [5, 5.41) is 10.8. The quantitative estimate of drug-likeness (QED) is 0.929. The van der Waals surface area contributed by atoms with Gasteiger partial charge in [-0.25, -0.2) is 9.97 Å². The van der Waals surface area contributed by atoms with Gasteiger partial charge in [-0.05, 0) is 25.0 Å². The monoisotopic (exact) mass is 278 g/mol. The van der Waals surface area contributed by atoms with Crippen molar-refractivity contribution in [2.24, 2.45) is 0 Å². The van der Waals surface area contributed by atoms with Crippen molar-refractivity contribution in [2.45, 2.75) is 23.0 Å². The maximum atomic E-state index is 9.34. The van der Waals surface area contributed by atoms with Crippen molar-refractivity contribution in [1.82, 2.24) is 9.97 Å². The van der Waals surface area contributed by atoms with Gasteiger partial charge in [0.25, 0.3) is 0 Å². The standard InChI is InChI=1S/C13H11ClN2OS/c14-10-5-8(11-6-13(17)16-7-15-11)1-4-12(10)18-9-2-3-9/h1,4-7,9H,2-3H2,(H,15,16,17). The van der Waals surface area contributed by atoms with E-state index in [0.29, 0.717) is 5.69 Å². The predicted octanol–water partition coefficient (Wildman–Crippen LogP) is 3.76. The van der Waals surface area contributed by atoms with Crippen LogP contribution in [-0.2, 0) is 0 Å². The molecule has 0 bridgehead atoms. The summed E-state index contributed by atoms with van der Waals surface area (Å²) in [7, 11) is 0. The molecule has 0 aliphatic heterocycles. The molecule has 0 unspecified atom stereocenters. The second-order valence-corrected chi connectivity index (χ2v) is 5.97. The highest BCUT2D eigenvalue weighted by Gasteiger charge is 2.23. The van der Waals surface area contributed by atoms with E-state index in [-0.39, 0.29) is 5.88 Å². The first-order chi connectivity index (χ1) is 8.72. The van der Waals surface area contributed by atoms with Crippen LogP contribution in [0.25, 0.3) is 11.3 Å². The SMILES string of the molecule is Oc1cc(-c2ccc(SC3CC3)c(Cl)c2)ncn1. The largest absolute Gasteiger partial charge is 0.493 e. The van der Waals surface area contributed by atoms with Gasteiger partial charge in [0.15, 0.2) is 0 Å². The van der Waals surface area contributed by atoms with Gasteiger partial charge in [0, 0.05) is 21.8 Å². The Balaban J connectivity index is 1.91. The van der Waals surface area contributed by atoms with Gasteiger partial charge >= 0.3 is 0 Å². The third-order valence-electron chi connectivity index (χ3n) is 2.70. The second kappa shape index (κ2) is 4.78. The lowest BCUT2D eigenvalue weighted by molar-refractivity contribution is 0.452. The van der Waals surface area contributed by atoms with Crippen molar-refractivity contribution in [1.29, 1.82) is 0 Å². The molecule has 0 spiro atoms. The molecule has 3 nitrogen and oxygen atoms in total. The molecule has 1 heterocycles. The summed E-state index contributed by atoms with van der Waals surface area (Å²) in [6.45, 7) is 0. The van der Waals surface area contributed by atoms with Gasteiger partial charge in [-0.2, -0.15) is 0 Å². The topological polar surface area (TPSA) is 46.0 Å². The highest BCUT2D eigenvalue weighted by atomic mass is 35.5. The van der Waals surface area contributed by atoms with E-state index in [1.807, 2.05) is 30.0 Å². The Bertz CT molecular complexity index is 587. The first-order valence-electron chi connectivity index (χ1n) is 5.70. The number of thioether (sulfide) groups is 1. The summed E-state index contributed by atoms with van der Waals surface area (Å²) >= 11 is 8.09. The van der Waals surface area contributed by atoms with E-state index < -0.39 is 0 Å². The van der Waals surface area contributed by atoms with Crippen LogP contribution in [-0.4, -0.2) is 20.3 Å². The highest BCUT2D eigenvalue weighted by molar-refractivity contribution is 8.00. The number of rotatable bonds is 3. The zero-order chi connectivity index (χ0) is 12.5. The van der Waals surface area contributed by atoms with Crippen LogP contribution in [0.1, 0.15) is 12.8 Å². The molecule has 3 rings (SSSR count). The summed E-state index contributed by atoms with van der Waals surface area (Å²) < 4.78 is 0. The van der Waals surface area contributed by atoms with Crippen molar-refractivity contribution in [3.63, 3.8) is 0 Å². The Morgan fingerprint density at radius 3 is 2.72 bits per heavy atom. The lowest BCUT2D eigenvalue weighted by Gasteiger charge is -2.06. The maximum absolute atomic E-state index is 9.34. The molecule has 92 valence electrons. The van der Waals surface area contributed by atoms with Crippen molar-refractivity contribution >= 4 is 23.4 Å². The van der Waals surface area contributed by atoms with Gasteiger partial charge in [0.1, 0.15) is 6.33 Å². The van der Waals surface area contributed by atoms with Crippen LogP contribution in [0, 0.1) is 0 Å². The minimum Gasteiger partial charge on any atom is -0.493 e. The van der Waals surface area contributed by atoms with Gasteiger partial charge in [0.2, 0.25) is 5.88 Å². The molecule has 0 atom stereocenters. The first-order valence-corrected chi connectivity index (χ1v) is 6.96. The van der Waals surface area contributed by atoms with Crippen molar-refractivity contribution in [2.75, 3.05) is 0 Å². The number of aromatic nitrogens is 2. The van der Waals surface area contributed by atoms with E-state index >= 15 is 0 Å². The molecule has 1 aliphatic carbocycles. The summed E-state index contributed by atoms with van der Waals surface area (Å²) in [5.74, 6) is -0.0347. The molecule has 5 heteroatoms. The maximum Gasteiger partial charge on any atom is 0.214 e. The Morgan fingerprint density at radius 1 is 1.22 bits per heavy atom. The van der Waals surface area contributed by atoms with Crippen molar-refractivity contribution < 1.29 is 5.11 Å². The molecular formula is C13H11ClN2OS. The van der Waals surface area contributed by atoms with Gasteiger partial charge < -0.3 is 5.11 Å². The number of halogens is 1. The molecule has 2 aromatic rings. The van der Waals surface area contributed by atoms with Gasteiger partial charge in [-0.15, -0.1) is 11.8 Å². The summed E-state index contributed by atoms with van der Waals surface area (Å²) in [6, 6.07) is 7.39. The van der Waals surface area contributed by atoms with E-state index in [0.717, 1.165) is 20.7 Å². The van der Waals surface area contributed by atoms with Gasteiger partial charge in [0.05, 0.1) is 10.7 Å². The Hall–Kier alpha value is -1.26. The fourth-order valence-electron chi connectivity index (χ4n) is 1.63. The first kappa shape index (κ1) is 11.8. The molecule has 1 N–H and O–H groups in total. The molecule has 1 aromatic carbocycles. The van der Waals surface area contributed by atoms with E-state index in [4.69, 9.17) is 11.6 Å². The van der Waals surface area contributed by atoms with E-state index in [1.54, 1.807) is 0 Å². The van der Waals surface area contributed by atoms with Crippen LogP contribution < -0.4 is 0 Å². The number of hydrogen-bond donors (Lipinski definition) is 1. The molecule has 0 saturated heterocycles. The number of aromatic hydroxyl groups is 1. The number of benzene rings is 1. The lowest BCUT2D eigenvalue weighted by atomic mass is 10.1. The Labute approximate surface area is 114 Å². The average Bonchev–Trinajstić information content (AvgIpc) is 3.16.